The summed E-state index contributed by atoms with van der Waals surface area (Å²) >= 11 is 0. The summed E-state index contributed by atoms with van der Waals surface area (Å²) in [5.74, 6) is -1.24. The molecule has 2 fully saturated rings. The second-order valence-electron chi connectivity index (χ2n) is 5.78. The Kier molecular flexibility index (Phi) is 5.79. The maximum absolute atomic E-state index is 12.1. The third-order valence-corrected chi connectivity index (χ3v) is 4.26. The lowest BCUT2D eigenvalue weighted by Crippen LogP contribution is -2.50. The van der Waals surface area contributed by atoms with Gasteiger partial charge in [0.25, 0.3) is 0 Å². The number of nitrogens with one attached hydrogen (secondary N) is 2. The van der Waals surface area contributed by atoms with Crippen molar-refractivity contribution in [3.05, 3.63) is 0 Å². The molecule has 0 aromatic carbocycles. The normalized spacial score (nSPS) is 28.6. The lowest BCUT2D eigenvalue weighted by molar-refractivity contribution is -0.143. The van der Waals surface area contributed by atoms with E-state index < -0.39 is 11.9 Å². The number of piperazine rings is 1. The number of carboxylic acid groups (broad SMARTS) is 1. The molecule has 6 heteroatoms. The van der Waals surface area contributed by atoms with Crippen molar-refractivity contribution in [1.82, 2.24) is 15.5 Å². The van der Waals surface area contributed by atoms with E-state index in [0.717, 1.165) is 51.9 Å². The Labute approximate surface area is 119 Å². The minimum atomic E-state index is -0.778. The van der Waals surface area contributed by atoms with Gasteiger partial charge in [-0.15, -0.1) is 0 Å². The van der Waals surface area contributed by atoms with Crippen LogP contribution in [0.3, 0.4) is 0 Å². The summed E-state index contributed by atoms with van der Waals surface area (Å²) in [7, 11) is 0. The highest BCUT2D eigenvalue weighted by atomic mass is 16.4. The minimum Gasteiger partial charge on any atom is -0.481 e. The number of aliphatic carboxylic acids is 1. The van der Waals surface area contributed by atoms with E-state index in [1.54, 1.807) is 0 Å². The maximum atomic E-state index is 12.1. The predicted molar refractivity (Wildman–Crippen MR) is 75.5 cm³/mol. The van der Waals surface area contributed by atoms with Gasteiger partial charge in [0.05, 0.1) is 12.5 Å². The van der Waals surface area contributed by atoms with Crippen molar-refractivity contribution in [3.8, 4) is 0 Å². The van der Waals surface area contributed by atoms with Crippen LogP contribution in [-0.2, 0) is 9.59 Å². The number of amides is 1. The molecule has 1 heterocycles. The summed E-state index contributed by atoms with van der Waals surface area (Å²) in [5.41, 5.74) is 0. The van der Waals surface area contributed by atoms with Gasteiger partial charge < -0.3 is 15.7 Å². The standard InChI is InChI=1S/C14H25N3O3/c18-13(10-17-8-6-15-7-9-17)16-12-5-3-1-2-4-11(12)14(19)20/h11-12,15H,1-10H2,(H,16,18)(H,19,20). The summed E-state index contributed by atoms with van der Waals surface area (Å²) in [6, 6.07) is -0.203. The Bertz CT molecular complexity index is 343. The summed E-state index contributed by atoms with van der Waals surface area (Å²) in [4.78, 5) is 25.5. The Morgan fingerprint density at radius 1 is 1.15 bits per heavy atom. The van der Waals surface area contributed by atoms with Gasteiger partial charge >= 0.3 is 5.97 Å². The molecular formula is C14H25N3O3. The fourth-order valence-corrected chi connectivity index (χ4v) is 3.10. The molecule has 1 saturated carbocycles. The first-order chi connectivity index (χ1) is 9.66. The van der Waals surface area contributed by atoms with Gasteiger partial charge in [-0.05, 0) is 12.8 Å². The topological polar surface area (TPSA) is 81.7 Å². The van der Waals surface area contributed by atoms with E-state index in [9.17, 15) is 14.7 Å². The number of carbonyl (C=O) groups is 2. The third kappa shape index (κ3) is 4.45. The number of hydrogen-bond acceptors (Lipinski definition) is 4. The molecule has 0 aromatic rings. The zero-order valence-corrected chi connectivity index (χ0v) is 11.9. The Hall–Kier alpha value is -1.14. The maximum Gasteiger partial charge on any atom is 0.308 e. The minimum absolute atomic E-state index is 0.0370. The number of rotatable bonds is 4. The van der Waals surface area contributed by atoms with Gasteiger partial charge in [0.2, 0.25) is 5.91 Å². The average molecular weight is 283 g/mol. The molecule has 1 aliphatic carbocycles. The monoisotopic (exact) mass is 283 g/mol. The van der Waals surface area contributed by atoms with Crippen molar-refractivity contribution in [2.45, 2.75) is 38.1 Å². The Morgan fingerprint density at radius 2 is 1.85 bits per heavy atom. The summed E-state index contributed by atoms with van der Waals surface area (Å²) in [6.07, 6.45) is 4.47. The molecule has 3 N–H and O–H groups in total. The van der Waals surface area contributed by atoms with Crippen LogP contribution in [0.2, 0.25) is 0 Å². The molecule has 2 unspecified atom stereocenters. The van der Waals surface area contributed by atoms with Crippen molar-refractivity contribution >= 4 is 11.9 Å². The van der Waals surface area contributed by atoms with Gasteiger partial charge in [-0.1, -0.05) is 19.3 Å². The van der Waals surface area contributed by atoms with E-state index in [1.165, 1.54) is 0 Å². The van der Waals surface area contributed by atoms with Crippen molar-refractivity contribution in [3.63, 3.8) is 0 Å². The van der Waals surface area contributed by atoms with E-state index in [-0.39, 0.29) is 11.9 Å². The number of hydrogen-bond donors (Lipinski definition) is 3. The van der Waals surface area contributed by atoms with Crippen LogP contribution in [0, 0.1) is 5.92 Å². The molecule has 1 aliphatic heterocycles. The van der Waals surface area contributed by atoms with E-state index in [2.05, 4.69) is 15.5 Å². The van der Waals surface area contributed by atoms with Crippen LogP contribution in [0.5, 0.6) is 0 Å². The molecule has 2 atom stereocenters. The molecular weight excluding hydrogens is 258 g/mol. The highest BCUT2D eigenvalue weighted by Gasteiger charge is 2.30. The summed E-state index contributed by atoms with van der Waals surface area (Å²) < 4.78 is 0. The molecule has 0 radical (unpaired) electrons. The molecule has 0 spiro atoms. The number of carboxylic acids is 1. The zero-order valence-electron chi connectivity index (χ0n) is 11.9. The van der Waals surface area contributed by atoms with E-state index >= 15 is 0 Å². The SMILES string of the molecule is O=C(CN1CCNCC1)NC1CCCCCC1C(=O)O. The van der Waals surface area contributed by atoms with Crippen LogP contribution in [0.4, 0.5) is 0 Å². The number of nitrogens with zero attached hydrogens (tertiary/aromatic N) is 1. The first-order valence-corrected chi connectivity index (χ1v) is 7.62. The Morgan fingerprint density at radius 3 is 2.55 bits per heavy atom. The van der Waals surface area contributed by atoms with Crippen LogP contribution >= 0.6 is 0 Å². The van der Waals surface area contributed by atoms with Gasteiger partial charge in [-0.25, -0.2) is 0 Å². The molecule has 1 amide bonds. The second-order valence-corrected chi connectivity index (χ2v) is 5.78. The van der Waals surface area contributed by atoms with E-state index in [0.29, 0.717) is 13.0 Å². The molecule has 0 bridgehead atoms. The molecule has 6 nitrogen and oxygen atoms in total. The van der Waals surface area contributed by atoms with Crippen LogP contribution in [0.1, 0.15) is 32.1 Å². The van der Waals surface area contributed by atoms with Gasteiger partial charge in [0.1, 0.15) is 0 Å². The molecule has 0 aromatic heterocycles. The van der Waals surface area contributed by atoms with Crippen molar-refractivity contribution in [2.24, 2.45) is 5.92 Å². The lowest BCUT2D eigenvalue weighted by Gasteiger charge is -2.28. The average Bonchev–Trinajstić information content (AvgIpc) is 2.65. The zero-order chi connectivity index (χ0) is 14.4. The highest BCUT2D eigenvalue weighted by Crippen LogP contribution is 2.23. The Balaban J connectivity index is 1.85. The van der Waals surface area contributed by atoms with E-state index in [1.807, 2.05) is 0 Å². The molecule has 2 aliphatic rings. The number of carbonyl (C=O) groups excluding carboxylic acids is 1. The summed E-state index contributed by atoms with van der Waals surface area (Å²) in [6.45, 7) is 3.95. The fourth-order valence-electron chi connectivity index (χ4n) is 3.10. The van der Waals surface area contributed by atoms with Crippen molar-refractivity contribution < 1.29 is 14.7 Å². The first kappa shape index (κ1) is 15.3. The van der Waals surface area contributed by atoms with Gasteiger partial charge in [-0.3, -0.25) is 14.5 Å². The largest absolute Gasteiger partial charge is 0.481 e. The molecule has 20 heavy (non-hydrogen) atoms. The van der Waals surface area contributed by atoms with Gasteiger partial charge in [0, 0.05) is 32.2 Å². The van der Waals surface area contributed by atoms with Crippen LogP contribution < -0.4 is 10.6 Å². The second kappa shape index (κ2) is 7.59. The highest BCUT2D eigenvalue weighted by molar-refractivity contribution is 5.79. The third-order valence-electron chi connectivity index (χ3n) is 4.26. The predicted octanol–water partition coefficient (Wildman–Crippen LogP) is 0.0413. The lowest BCUT2D eigenvalue weighted by atomic mass is 9.95. The summed E-state index contributed by atoms with van der Waals surface area (Å²) in [5, 5.41) is 15.5. The quantitative estimate of drug-likeness (QED) is 0.635. The van der Waals surface area contributed by atoms with E-state index in [4.69, 9.17) is 0 Å². The van der Waals surface area contributed by atoms with Crippen LogP contribution in [0.15, 0.2) is 0 Å². The van der Waals surface area contributed by atoms with Gasteiger partial charge in [0.15, 0.2) is 0 Å². The molecule has 1 saturated heterocycles. The first-order valence-electron chi connectivity index (χ1n) is 7.62. The fraction of sp³-hybridized carbons (Fsp3) is 0.857. The van der Waals surface area contributed by atoms with Crippen molar-refractivity contribution in [2.75, 3.05) is 32.7 Å². The van der Waals surface area contributed by atoms with Gasteiger partial charge in [-0.2, -0.15) is 0 Å². The molecule has 2 rings (SSSR count). The molecule has 114 valence electrons. The van der Waals surface area contributed by atoms with Crippen LogP contribution in [-0.4, -0.2) is 60.6 Å². The van der Waals surface area contributed by atoms with Crippen molar-refractivity contribution in [1.29, 1.82) is 0 Å². The smallest absolute Gasteiger partial charge is 0.308 e. The van der Waals surface area contributed by atoms with Crippen LogP contribution in [0.25, 0.3) is 0 Å².